The molecule has 0 aliphatic heterocycles. The van der Waals surface area contributed by atoms with Gasteiger partial charge >= 0.3 is 0 Å². The number of aromatic nitrogens is 2. The maximum absolute atomic E-state index is 5.32. The summed E-state index contributed by atoms with van der Waals surface area (Å²) in [4.78, 5) is 8.69. The number of rotatable bonds is 8. The van der Waals surface area contributed by atoms with Crippen LogP contribution in [0.4, 0.5) is 0 Å². The molecule has 0 aliphatic carbocycles. The Bertz CT molecular complexity index is 531. The molecule has 0 radical (unpaired) electrons. The summed E-state index contributed by atoms with van der Waals surface area (Å²) in [5, 5.41) is 3.48. The second kappa shape index (κ2) is 8.37. The number of hydrogen-bond acceptors (Lipinski definition) is 4. The summed E-state index contributed by atoms with van der Waals surface area (Å²) in [5.41, 5.74) is 2.27. The normalized spacial score (nSPS) is 12.1. The number of aryl methyl sites for hydroxylation is 1. The lowest BCUT2D eigenvalue weighted by Crippen LogP contribution is -2.23. The lowest BCUT2D eigenvalue weighted by Gasteiger charge is -2.18. The standard InChI is InChI=1S/C17H23N3O/c1-3-18-15(16-17(21-2)20-13-12-19-16)11-7-10-14-8-5-4-6-9-14/h4-6,8-9,12-13,15,18H,3,7,10-11H2,1-2H3. The Labute approximate surface area is 126 Å². The van der Waals surface area contributed by atoms with Gasteiger partial charge in [0.15, 0.2) is 0 Å². The molecular weight excluding hydrogens is 262 g/mol. The fourth-order valence-corrected chi connectivity index (χ4v) is 2.47. The third kappa shape index (κ3) is 4.53. The molecule has 1 aromatic carbocycles. The second-order valence-electron chi connectivity index (χ2n) is 4.94. The van der Waals surface area contributed by atoms with Crippen molar-refractivity contribution in [2.45, 2.75) is 32.2 Å². The van der Waals surface area contributed by atoms with Gasteiger partial charge in [-0.05, 0) is 31.4 Å². The third-order valence-corrected chi connectivity index (χ3v) is 3.47. The Morgan fingerprint density at radius 1 is 1.14 bits per heavy atom. The molecular formula is C17H23N3O. The molecule has 0 saturated carbocycles. The van der Waals surface area contributed by atoms with E-state index >= 15 is 0 Å². The molecule has 1 heterocycles. The molecule has 4 heteroatoms. The summed E-state index contributed by atoms with van der Waals surface area (Å²) in [6.07, 6.45) is 6.57. The molecule has 0 saturated heterocycles. The van der Waals surface area contributed by atoms with Gasteiger partial charge in [-0.2, -0.15) is 0 Å². The van der Waals surface area contributed by atoms with Crippen LogP contribution in [0.5, 0.6) is 5.88 Å². The first-order chi connectivity index (χ1) is 10.3. The lowest BCUT2D eigenvalue weighted by molar-refractivity contribution is 0.372. The molecule has 1 N–H and O–H groups in total. The smallest absolute Gasteiger partial charge is 0.236 e. The van der Waals surface area contributed by atoms with E-state index in [1.165, 1.54) is 5.56 Å². The topological polar surface area (TPSA) is 47.0 Å². The highest BCUT2D eigenvalue weighted by atomic mass is 16.5. The zero-order valence-corrected chi connectivity index (χ0v) is 12.7. The molecule has 21 heavy (non-hydrogen) atoms. The monoisotopic (exact) mass is 285 g/mol. The molecule has 1 atom stereocenters. The SMILES string of the molecule is CCNC(CCCc1ccccc1)c1nccnc1OC. The summed E-state index contributed by atoms with van der Waals surface area (Å²) >= 11 is 0. The van der Waals surface area contributed by atoms with E-state index in [1.54, 1.807) is 19.5 Å². The molecule has 1 unspecified atom stereocenters. The van der Waals surface area contributed by atoms with Gasteiger partial charge in [0.05, 0.1) is 13.2 Å². The van der Waals surface area contributed by atoms with E-state index < -0.39 is 0 Å². The second-order valence-corrected chi connectivity index (χ2v) is 4.94. The molecule has 2 rings (SSSR count). The van der Waals surface area contributed by atoms with Crippen LogP contribution >= 0.6 is 0 Å². The summed E-state index contributed by atoms with van der Waals surface area (Å²) < 4.78 is 5.32. The minimum atomic E-state index is 0.183. The van der Waals surface area contributed by atoms with Crippen molar-refractivity contribution in [3.63, 3.8) is 0 Å². The van der Waals surface area contributed by atoms with Gasteiger partial charge in [0.25, 0.3) is 0 Å². The summed E-state index contributed by atoms with van der Waals surface area (Å²) in [7, 11) is 1.64. The highest BCUT2D eigenvalue weighted by molar-refractivity contribution is 5.21. The Morgan fingerprint density at radius 2 is 1.90 bits per heavy atom. The van der Waals surface area contributed by atoms with Crippen LogP contribution in [0.1, 0.15) is 37.1 Å². The van der Waals surface area contributed by atoms with Gasteiger partial charge in [-0.15, -0.1) is 0 Å². The van der Waals surface area contributed by atoms with Crippen LogP contribution in [-0.4, -0.2) is 23.6 Å². The van der Waals surface area contributed by atoms with Crippen molar-refractivity contribution >= 4 is 0 Å². The van der Waals surface area contributed by atoms with Crippen molar-refractivity contribution in [2.75, 3.05) is 13.7 Å². The van der Waals surface area contributed by atoms with Gasteiger partial charge in [-0.1, -0.05) is 37.3 Å². The minimum Gasteiger partial charge on any atom is -0.480 e. The van der Waals surface area contributed by atoms with E-state index in [-0.39, 0.29) is 6.04 Å². The number of nitrogens with one attached hydrogen (secondary N) is 1. The van der Waals surface area contributed by atoms with Crippen molar-refractivity contribution in [2.24, 2.45) is 0 Å². The van der Waals surface area contributed by atoms with Crippen molar-refractivity contribution in [3.8, 4) is 5.88 Å². The van der Waals surface area contributed by atoms with E-state index in [2.05, 4.69) is 52.5 Å². The summed E-state index contributed by atoms with van der Waals surface area (Å²) in [6, 6.07) is 10.7. The fraction of sp³-hybridized carbons (Fsp3) is 0.412. The Morgan fingerprint density at radius 3 is 2.62 bits per heavy atom. The Hall–Kier alpha value is -1.94. The average molecular weight is 285 g/mol. The summed E-state index contributed by atoms with van der Waals surface area (Å²) in [5.74, 6) is 0.614. The number of benzene rings is 1. The van der Waals surface area contributed by atoms with E-state index in [0.717, 1.165) is 31.5 Å². The van der Waals surface area contributed by atoms with Crippen LogP contribution in [0.15, 0.2) is 42.7 Å². The number of nitrogens with zero attached hydrogens (tertiary/aromatic N) is 2. The van der Waals surface area contributed by atoms with E-state index in [9.17, 15) is 0 Å². The largest absolute Gasteiger partial charge is 0.480 e. The zero-order chi connectivity index (χ0) is 14.9. The van der Waals surface area contributed by atoms with Gasteiger partial charge in [-0.25, -0.2) is 4.98 Å². The predicted molar refractivity (Wildman–Crippen MR) is 84.4 cm³/mol. The van der Waals surface area contributed by atoms with Gasteiger partial charge in [-0.3, -0.25) is 4.98 Å². The number of methoxy groups -OCH3 is 1. The van der Waals surface area contributed by atoms with Crippen LogP contribution < -0.4 is 10.1 Å². The van der Waals surface area contributed by atoms with Crippen LogP contribution in [0.2, 0.25) is 0 Å². The third-order valence-electron chi connectivity index (χ3n) is 3.47. The van der Waals surface area contributed by atoms with Gasteiger partial charge in [0.2, 0.25) is 5.88 Å². The number of hydrogen-bond donors (Lipinski definition) is 1. The van der Waals surface area contributed by atoms with Crippen molar-refractivity contribution < 1.29 is 4.74 Å². The lowest BCUT2D eigenvalue weighted by atomic mass is 10.0. The summed E-state index contributed by atoms with van der Waals surface area (Å²) in [6.45, 7) is 3.00. The van der Waals surface area contributed by atoms with E-state index in [4.69, 9.17) is 4.74 Å². The van der Waals surface area contributed by atoms with Gasteiger partial charge in [0, 0.05) is 12.4 Å². The Balaban J connectivity index is 1.99. The molecule has 0 amide bonds. The van der Waals surface area contributed by atoms with E-state index in [1.807, 2.05) is 0 Å². The minimum absolute atomic E-state index is 0.183. The number of ether oxygens (including phenoxy) is 1. The van der Waals surface area contributed by atoms with Crippen LogP contribution in [0, 0.1) is 0 Å². The van der Waals surface area contributed by atoms with E-state index in [0.29, 0.717) is 5.88 Å². The fourth-order valence-electron chi connectivity index (χ4n) is 2.47. The van der Waals surface area contributed by atoms with Crippen LogP contribution in [-0.2, 0) is 6.42 Å². The van der Waals surface area contributed by atoms with Crippen molar-refractivity contribution in [1.82, 2.24) is 15.3 Å². The highest BCUT2D eigenvalue weighted by Crippen LogP contribution is 2.24. The van der Waals surface area contributed by atoms with Crippen LogP contribution in [0.3, 0.4) is 0 Å². The van der Waals surface area contributed by atoms with Crippen molar-refractivity contribution in [1.29, 1.82) is 0 Å². The van der Waals surface area contributed by atoms with Gasteiger partial charge in [0.1, 0.15) is 5.69 Å². The molecule has 112 valence electrons. The Kier molecular flexibility index (Phi) is 6.16. The molecule has 2 aromatic rings. The average Bonchev–Trinajstić information content (AvgIpc) is 2.55. The van der Waals surface area contributed by atoms with Crippen molar-refractivity contribution in [3.05, 3.63) is 54.0 Å². The first-order valence-corrected chi connectivity index (χ1v) is 7.47. The molecule has 0 bridgehead atoms. The predicted octanol–water partition coefficient (Wildman–Crippen LogP) is 3.16. The van der Waals surface area contributed by atoms with Gasteiger partial charge < -0.3 is 10.1 Å². The molecule has 4 nitrogen and oxygen atoms in total. The zero-order valence-electron chi connectivity index (χ0n) is 12.7. The maximum Gasteiger partial charge on any atom is 0.236 e. The molecule has 0 aliphatic rings. The highest BCUT2D eigenvalue weighted by Gasteiger charge is 2.17. The molecule has 1 aromatic heterocycles. The molecule has 0 fully saturated rings. The van der Waals surface area contributed by atoms with Crippen LogP contribution in [0.25, 0.3) is 0 Å². The molecule has 0 spiro atoms. The maximum atomic E-state index is 5.32. The first-order valence-electron chi connectivity index (χ1n) is 7.47. The quantitative estimate of drug-likeness (QED) is 0.809. The first kappa shape index (κ1) is 15.4.